The van der Waals surface area contributed by atoms with Crippen LogP contribution in [0.25, 0.3) is 16.8 Å². The van der Waals surface area contributed by atoms with E-state index in [1.165, 1.54) is 0 Å². The van der Waals surface area contributed by atoms with Gasteiger partial charge in [-0.2, -0.15) is 13.2 Å². The van der Waals surface area contributed by atoms with Gasteiger partial charge in [0.2, 0.25) is 0 Å². The number of aromatic nitrogens is 2. The zero-order chi connectivity index (χ0) is 17.5. The minimum absolute atomic E-state index is 0.0431. The quantitative estimate of drug-likeness (QED) is 0.831. The average Bonchev–Trinajstić information content (AvgIpc) is 3.33. The number of nitrogens with one attached hydrogen (secondary N) is 1. The highest BCUT2D eigenvalue weighted by Gasteiger charge is 2.42. The molecule has 1 N–H and O–H groups in total. The molecule has 8 heteroatoms. The van der Waals surface area contributed by atoms with Crippen molar-refractivity contribution < 1.29 is 22.7 Å². The third-order valence-electron chi connectivity index (χ3n) is 3.68. The summed E-state index contributed by atoms with van der Waals surface area (Å²) < 4.78 is 45.4. The Morgan fingerprint density at radius 2 is 1.83 bits per heavy atom. The lowest BCUT2D eigenvalue weighted by atomic mass is 10.2. The molecule has 0 spiro atoms. The van der Waals surface area contributed by atoms with Gasteiger partial charge < -0.3 is 4.74 Å². The Hall–Kier alpha value is -2.77. The maximum atomic E-state index is 13.4. The molecule has 0 amide bonds. The zero-order valence-corrected chi connectivity index (χ0v) is 12.6. The summed E-state index contributed by atoms with van der Waals surface area (Å²) >= 11 is 0. The number of hydrogen-bond donors (Lipinski definition) is 1. The number of alkyl halides is 3. The van der Waals surface area contributed by atoms with Crippen molar-refractivity contribution >= 4 is 17.1 Å². The van der Waals surface area contributed by atoms with Crippen molar-refractivity contribution in [2.24, 2.45) is 0 Å². The number of halogens is 3. The molecule has 0 saturated heterocycles. The van der Waals surface area contributed by atoms with Crippen LogP contribution >= 0.6 is 0 Å². The monoisotopic (exact) mass is 338 g/mol. The first kappa shape index (κ1) is 16.1. The van der Waals surface area contributed by atoms with Gasteiger partial charge in [0.1, 0.15) is 0 Å². The summed E-state index contributed by atoms with van der Waals surface area (Å²) in [5.74, 6) is -1.58. The largest absolute Gasteiger partial charge is 0.465 e. The van der Waals surface area contributed by atoms with Crippen molar-refractivity contribution in [1.82, 2.24) is 9.78 Å². The number of nitrogens with zero attached hydrogens (tertiary/aromatic N) is 1. The lowest BCUT2D eigenvalue weighted by molar-refractivity contribution is -0.140. The number of methoxy groups -OCH3 is 1. The van der Waals surface area contributed by atoms with E-state index in [-0.39, 0.29) is 5.35 Å². The SMILES string of the molecule is COC(=O)C(=c1c(=C2CC2)[nH]n(-c2ccccc2)c1=O)C(F)(F)F. The highest BCUT2D eigenvalue weighted by molar-refractivity contribution is 6.11. The summed E-state index contributed by atoms with van der Waals surface area (Å²) in [5.41, 5.74) is -1.48. The van der Waals surface area contributed by atoms with Crippen LogP contribution in [0.2, 0.25) is 0 Å². The molecule has 1 heterocycles. The molecule has 0 radical (unpaired) electrons. The average molecular weight is 338 g/mol. The Kier molecular flexibility index (Phi) is 3.82. The van der Waals surface area contributed by atoms with Crippen LogP contribution in [0.1, 0.15) is 12.8 Å². The lowest BCUT2D eigenvalue weighted by Crippen LogP contribution is -2.43. The minimum atomic E-state index is -5.01. The molecule has 2 aromatic rings. The zero-order valence-electron chi connectivity index (χ0n) is 12.6. The molecule has 5 nitrogen and oxygen atoms in total. The molecule has 126 valence electrons. The Bertz CT molecular complexity index is 963. The summed E-state index contributed by atoms with van der Waals surface area (Å²) in [7, 11) is 0.848. The van der Waals surface area contributed by atoms with Gasteiger partial charge >= 0.3 is 12.1 Å². The van der Waals surface area contributed by atoms with Crippen molar-refractivity contribution in [3.63, 3.8) is 0 Å². The van der Waals surface area contributed by atoms with Crippen molar-refractivity contribution in [1.29, 1.82) is 0 Å². The molecule has 0 atom stereocenters. The molecule has 1 aromatic carbocycles. The number of carbonyl (C=O) groups excluding carboxylic acids is 1. The molecule has 3 rings (SSSR count). The van der Waals surface area contributed by atoms with Gasteiger partial charge in [-0.25, -0.2) is 9.48 Å². The van der Waals surface area contributed by atoms with Crippen LogP contribution in [-0.4, -0.2) is 29.0 Å². The van der Waals surface area contributed by atoms with Gasteiger partial charge in [0.05, 0.1) is 23.4 Å². The number of aromatic amines is 1. The molecule has 1 saturated carbocycles. The van der Waals surface area contributed by atoms with Crippen molar-refractivity contribution in [2.45, 2.75) is 19.0 Å². The Balaban J connectivity index is 2.47. The van der Waals surface area contributed by atoms with E-state index in [1.807, 2.05) is 0 Å². The first-order valence-electron chi connectivity index (χ1n) is 7.13. The van der Waals surface area contributed by atoms with E-state index in [1.54, 1.807) is 30.3 Å². The van der Waals surface area contributed by atoms with Crippen molar-refractivity contribution in [3.05, 3.63) is 51.3 Å². The number of esters is 1. The fourth-order valence-corrected chi connectivity index (χ4v) is 2.46. The van der Waals surface area contributed by atoms with Crippen LogP contribution in [0.3, 0.4) is 0 Å². The second kappa shape index (κ2) is 5.70. The Morgan fingerprint density at radius 3 is 2.33 bits per heavy atom. The van der Waals surface area contributed by atoms with Gasteiger partial charge in [-0.05, 0) is 30.5 Å². The van der Waals surface area contributed by atoms with Crippen LogP contribution in [-0.2, 0) is 9.53 Å². The van der Waals surface area contributed by atoms with Crippen molar-refractivity contribution in [2.75, 3.05) is 7.11 Å². The topological polar surface area (TPSA) is 64.1 Å². The second-order valence-electron chi connectivity index (χ2n) is 5.31. The Labute approximate surface area is 133 Å². The van der Waals surface area contributed by atoms with E-state index in [0.29, 0.717) is 24.1 Å². The predicted octanol–water partition coefficient (Wildman–Crippen LogP) is 0.996. The van der Waals surface area contributed by atoms with Crippen LogP contribution in [0.15, 0.2) is 35.1 Å². The molecule has 1 aromatic heterocycles. The smallest absolute Gasteiger partial charge is 0.424 e. The number of ether oxygens (including phenoxy) is 1. The number of carbonyl (C=O) groups is 1. The third-order valence-corrected chi connectivity index (χ3v) is 3.68. The van der Waals surface area contributed by atoms with Gasteiger partial charge in [-0.3, -0.25) is 9.89 Å². The predicted molar refractivity (Wildman–Crippen MR) is 79.8 cm³/mol. The summed E-state index contributed by atoms with van der Waals surface area (Å²) in [6, 6.07) is 8.18. The van der Waals surface area contributed by atoms with Gasteiger partial charge in [0.15, 0.2) is 5.57 Å². The number of H-pyrrole nitrogens is 1. The molecule has 1 aliphatic carbocycles. The number of benzene rings is 1. The first-order valence-corrected chi connectivity index (χ1v) is 7.13. The molecule has 0 bridgehead atoms. The normalized spacial score (nSPS) is 15.2. The Morgan fingerprint density at radius 1 is 1.21 bits per heavy atom. The van der Waals surface area contributed by atoms with Gasteiger partial charge in [0.25, 0.3) is 5.56 Å². The maximum absolute atomic E-state index is 13.4. The fourth-order valence-electron chi connectivity index (χ4n) is 2.46. The van der Waals surface area contributed by atoms with Crippen molar-refractivity contribution in [3.8, 4) is 5.69 Å². The summed E-state index contributed by atoms with van der Waals surface area (Å²) in [6.45, 7) is 0. The van der Waals surface area contributed by atoms with E-state index in [0.717, 1.165) is 11.8 Å². The lowest BCUT2D eigenvalue weighted by Gasteiger charge is -2.08. The van der Waals surface area contributed by atoms with E-state index in [9.17, 15) is 22.8 Å². The van der Waals surface area contributed by atoms with E-state index >= 15 is 0 Å². The van der Waals surface area contributed by atoms with E-state index < -0.39 is 28.5 Å². The highest BCUT2D eigenvalue weighted by atomic mass is 19.4. The number of para-hydroxylation sites is 1. The van der Waals surface area contributed by atoms with Crippen LogP contribution in [0.4, 0.5) is 13.2 Å². The fraction of sp³-hybridized carbons (Fsp3) is 0.250. The minimum Gasteiger partial charge on any atom is -0.465 e. The summed E-state index contributed by atoms with van der Waals surface area (Å²) in [6.07, 6.45) is -3.85. The molecular formula is C16H13F3N2O3. The van der Waals surface area contributed by atoms with Crippen LogP contribution in [0.5, 0.6) is 0 Å². The van der Waals surface area contributed by atoms with Gasteiger partial charge in [-0.15, -0.1) is 0 Å². The first-order chi connectivity index (χ1) is 11.3. The van der Waals surface area contributed by atoms with Crippen LogP contribution in [0, 0.1) is 0 Å². The summed E-state index contributed by atoms with van der Waals surface area (Å²) in [5, 5.41) is 2.05. The third kappa shape index (κ3) is 2.75. The standard InChI is InChI=1S/C16H13F3N2O3/c1-24-15(23)12(16(17,18)19)11-13(9-7-8-9)20-21(14(11)22)10-5-3-2-4-6-10/h2-6,20H,7-8H2,1H3. The molecule has 0 aliphatic heterocycles. The second-order valence-corrected chi connectivity index (χ2v) is 5.31. The van der Waals surface area contributed by atoms with E-state index in [2.05, 4.69) is 9.84 Å². The molecule has 24 heavy (non-hydrogen) atoms. The number of rotatable bonds is 2. The van der Waals surface area contributed by atoms with Crippen LogP contribution < -0.4 is 16.1 Å². The van der Waals surface area contributed by atoms with E-state index in [4.69, 9.17) is 0 Å². The molecule has 1 aliphatic rings. The molecule has 1 fully saturated rings. The molecular weight excluding hydrogens is 325 g/mol. The molecule has 0 unspecified atom stereocenters. The van der Waals surface area contributed by atoms with Gasteiger partial charge in [-0.1, -0.05) is 18.2 Å². The van der Waals surface area contributed by atoms with Gasteiger partial charge in [0, 0.05) is 0 Å². The number of hydrogen-bond acceptors (Lipinski definition) is 3. The summed E-state index contributed by atoms with van der Waals surface area (Å²) in [4.78, 5) is 24.3. The highest BCUT2D eigenvalue weighted by Crippen LogP contribution is 2.28. The maximum Gasteiger partial charge on any atom is 0.424 e.